The number of para-hydroxylation sites is 1. The number of hydrogen-bond donors (Lipinski definition) is 2. The molecule has 0 saturated carbocycles. The SMILES string of the molecule is NC(=S)Nc1ccccc1C(F)(F)F.[C-]#N.[Na+]. The van der Waals surface area contributed by atoms with Gasteiger partial charge >= 0.3 is 35.7 Å². The predicted octanol–water partition coefficient (Wildman–Crippen LogP) is -0.539. The van der Waals surface area contributed by atoms with Gasteiger partial charge in [-0.15, -0.1) is 0 Å². The van der Waals surface area contributed by atoms with Crippen LogP contribution in [-0.2, 0) is 6.18 Å². The molecule has 0 unspecified atom stereocenters. The number of alkyl halides is 3. The number of nitrogens with one attached hydrogen (secondary N) is 1. The van der Waals surface area contributed by atoms with Gasteiger partial charge in [0.25, 0.3) is 0 Å². The number of rotatable bonds is 1. The smallest absolute Gasteiger partial charge is 0.512 e. The van der Waals surface area contributed by atoms with E-state index in [-0.39, 0.29) is 40.4 Å². The number of thiocarbonyl (C=S) groups is 1. The van der Waals surface area contributed by atoms with Gasteiger partial charge < -0.3 is 22.9 Å². The molecule has 0 radical (unpaired) electrons. The number of anilines is 1. The fraction of sp³-hybridized carbons (Fsp3) is 0.111. The van der Waals surface area contributed by atoms with Crippen molar-refractivity contribution in [1.82, 2.24) is 0 Å². The minimum atomic E-state index is -4.41. The van der Waals surface area contributed by atoms with Crippen LogP contribution in [0.5, 0.6) is 0 Å². The summed E-state index contributed by atoms with van der Waals surface area (Å²) in [6.45, 7) is 4.75. The van der Waals surface area contributed by atoms with Crippen molar-refractivity contribution in [3.05, 3.63) is 36.4 Å². The van der Waals surface area contributed by atoms with Crippen LogP contribution in [-0.4, -0.2) is 5.11 Å². The summed E-state index contributed by atoms with van der Waals surface area (Å²) in [4.78, 5) is 0. The van der Waals surface area contributed by atoms with Gasteiger partial charge in [-0.3, -0.25) is 0 Å². The Hall–Kier alpha value is -0.810. The molecule has 3 nitrogen and oxygen atoms in total. The van der Waals surface area contributed by atoms with Gasteiger partial charge in [0.05, 0.1) is 11.3 Å². The van der Waals surface area contributed by atoms with E-state index < -0.39 is 11.7 Å². The second kappa shape index (κ2) is 8.31. The molecule has 0 aliphatic heterocycles. The van der Waals surface area contributed by atoms with Crippen LogP contribution in [0.2, 0.25) is 0 Å². The molecular weight excluding hydrogens is 262 g/mol. The van der Waals surface area contributed by atoms with Crippen LogP contribution in [0, 0.1) is 11.8 Å². The Balaban J connectivity index is 0. The van der Waals surface area contributed by atoms with E-state index in [0.717, 1.165) is 6.07 Å². The molecule has 0 atom stereocenters. The molecule has 1 aromatic rings. The van der Waals surface area contributed by atoms with Crippen LogP contribution in [0.4, 0.5) is 18.9 Å². The molecule has 3 N–H and O–H groups in total. The summed E-state index contributed by atoms with van der Waals surface area (Å²) in [7, 11) is 0. The van der Waals surface area contributed by atoms with Crippen LogP contribution < -0.4 is 40.6 Å². The average molecular weight is 269 g/mol. The minimum Gasteiger partial charge on any atom is -0.512 e. The fourth-order valence-corrected chi connectivity index (χ4v) is 1.08. The molecule has 1 rings (SSSR count). The van der Waals surface area contributed by atoms with E-state index >= 15 is 0 Å². The summed E-state index contributed by atoms with van der Waals surface area (Å²) in [6.07, 6.45) is -4.41. The van der Waals surface area contributed by atoms with Crippen LogP contribution in [0.15, 0.2) is 24.3 Å². The predicted molar refractivity (Wildman–Crippen MR) is 56.8 cm³/mol. The van der Waals surface area contributed by atoms with Crippen molar-refractivity contribution < 1.29 is 42.7 Å². The summed E-state index contributed by atoms with van der Waals surface area (Å²) in [6, 6.07) is 4.99. The Morgan fingerprint density at radius 3 is 2.18 bits per heavy atom. The minimum absolute atomic E-state index is 0. The van der Waals surface area contributed by atoms with Gasteiger partial charge in [0.2, 0.25) is 0 Å². The number of benzene rings is 1. The third-order valence-corrected chi connectivity index (χ3v) is 1.59. The molecule has 0 bridgehead atoms. The Kier molecular flexibility index (Phi) is 9.06. The van der Waals surface area contributed by atoms with Crippen molar-refractivity contribution in [2.24, 2.45) is 5.73 Å². The first kappa shape index (κ1) is 18.6. The average Bonchev–Trinajstić information content (AvgIpc) is 2.19. The first-order valence-corrected chi connectivity index (χ1v) is 4.27. The number of nitrogens with two attached hydrogens (primary N) is 1. The summed E-state index contributed by atoms with van der Waals surface area (Å²) < 4.78 is 37.1. The maximum atomic E-state index is 12.4. The summed E-state index contributed by atoms with van der Waals surface area (Å²) in [5.41, 5.74) is 4.17. The number of halogens is 3. The van der Waals surface area contributed by atoms with Gasteiger partial charge in [0, 0.05) is 0 Å². The molecule has 0 amide bonds. The molecular formula is C9H7F3N3NaS. The normalized spacial score (nSPS) is 9.24. The van der Waals surface area contributed by atoms with Crippen LogP contribution in [0.3, 0.4) is 0 Å². The Morgan fingerprint density at radius 1 is 1.29 bits per heavy atom. The summed E-state index contributed by atoms with van der Waals surface area (Å²) in [5, 5.41) is 8.33. The number of nitrogens with zero attached hydrogens (tertiary/aromatic N) is 1. The molecule has 0 saturated heterocycles. The van der Waals surface area contributed by atoms with Crippen molar-refractivity contribution in [1.29, 1.82) is 5.26 Å². The van der Waals surface area contributed by atoms with Crippen molar-refractivity contribution >= 4 is 23.0 Å². The van der Waals surface area contributed by atoms with Crippen molar-refractivity contribution in [3.8, 4) is 0 Å². The Morgan fingerprint density at radius 2 is 1.76 bits per heavy atom. The second-order valence-corrected chi connectivity index (χ2v) is 2.97. The van der Waals surface area contributed by atoms with Gasteiger partial charge in [0.1, 0.15) is 0 Å². The molecule has 1 aromatic carbocycles. The summed E-state index contributed by atoms with van der Waals surface area (Å²) >= 11 is 4.46. The first-order chi connectivity index (χ1) is 7.41. The van der Waals surface area contributed by atoms with E-state index in [1.54, 1.807) is 0 Å². The third-order valence-electron chi connectivity index (χ3n) is 1.49. The van der Waals surface area contributed by atoms with Crippen molar-refractivity contribution in [3.63, 3.8) is 0 Å². The van der Waals surface area contributed by atoms with Crippen molar-refractivity contribution in [2.45, 2.75) is 6.18 Å². The van der Waals surface area contributed by atoms with Gasteiger partial charge in [0.15, 0.2) is 5.11 Å². The molecule has 0 aromatic heterocycles. The monoisotopic (exact) mass is 269 g/mol. The Bertz CT molecular complexity index is 393. The quantitative estimate of drug-likeness (QED) is 0.408. The molecule has 0 aliphatic carbocycles. The summed E-state index contributed by atoms with van der Waals surface area (Å²) in [5.74, 6) is 0. The molecule has 0 aliphatic rings. The van der Waals surface area contributed by atoms with Crippen LogP contribution in [0.25, 0.3) is 0 Å². The molecule has 17 heavy (non-hydrogen) atoms. The topological polar surface area (TPSA) is 61.8 Å². The number of hydrogen-bond acceptors (Lipinski definition) is 2. The molecule has 0 fully saturated rings. The van der Waals surface area contributed by atoms with E-state index in [1.165, 1.54) is 18.2 Å². The van der Waals surface area contributed by atoms with E-state index in [9.17, 15) is 13.2 Å². The molecule has 0 heterocycles. The van der Waals surface area contributed by atoms with E-state index in [2.05, 4.69) is 17.5 Å². The zero-order chi connectivity index (χ0) is 12.8. The first-order valence-electron chi connectivity index (χ1n) is 3.86. The zero-order valence-electron chi connectivity index (χ0n) is 8.88. The van der Waals surface area contributed by atoms with E-state index in [0.29, 0.717) is 0 Å². The van der Waals surface area contributed by atoms with E-state index in [4.69, 9.17) is 17.6 Å². The Labute approximate surface area is 124 Å². The van der Waals surface area contributed by atoms with Crippen molar-refractivity contribution in [2.75, 3.05) is 5.32 Å². The standard InChI is InChI=1S/C8H7F3N2S.CN.Na/c9-8(10,11)5-3-1-2-4-6(5)13-7(12)14;1-2;/h1-4H,(H3,12,13,14);;/q;-1;+1. The largest absolute Gasteiger partial charge is 1.00 e. The maximum Gasteiger partial charge on any atom is 1.00 e. The van der Waals surface area contributed by atoms with Gasteiger partial charge in [-0.2, -0.15) is 13.2 Å². The maximum absolute atomic E-state index is 12.4. The molecule has 86 valence electrons. The van der Waals surface area contributed by atoms with Gasteiger partial charge in [-0.05, 0) is 24.4 Å². The fourth-order valence-electron chi connectivity index (χ4n) is 0.972. The zero-order valence-corrected chi connectivity index (χ0v) is 11.7. The third kappa shape index (κ3) is 6.48. The molecule has 0 spiro atoms. The van der Waals surface area contributed by atoms with Crippen LogP contribution >= 0.6 is 12.2 Å². The van der Waals surface area contributed by atoms with Crippen LogP contribution in [0.1, 0.15) is 5.56 Å². The second-order valence-electron chi connectivity index (χ2n) is 2.53. The van der Waals surface area contributed by atoms with Gasteiger partial charge in [-0.25, -0.2) is 0 Å². The van der Waals surface area contributed by atoms with Gasteiger partial charge in [-0.1, -0.05) is 12.1 Å². The van der Waals surface area contributed by atoms with E-state index in [1.807, 2.05) is 0 Å². The molecule has 8 heteroatoms.